The minimum Gasteiger partial charge on any atom is -0.497 e. The average molecular weight is 432 g/mol. The predicted molar refractivity (Wildman–Crippen MR) is 124 cm³/mol. The highest BCUT2D eigenvalue weighted by molar-refractivity contribution is 5.98. The summed E-state index contributed by atoms with van der Waals surface area (Å²) in [5, 5.41) is 0.596. The Hall–Kier alpha value is -3.15. The van der Waals surface area contributed by atoms with Gasteiger partial charge in [0, 0.05) is 25.1 Å². The number of hydrogen-bond donors (Lipinski definition) is 0. The zero-order chi connectivity index (χ0) is 22.1. The van der Waals surface area contributed by atoms with E-state index >= 15 is 0 Å². The molecule has 2 aromatic carbocycles. The van der Waals surface area contributed by atoms with Crippen LogP contribution in [0.15, 0.2) is 47.3 Å². The van der Waals surface area contributed by atoms with Gasteiger partial charge in [0.1, 0.15) is 11.6 Å². The van der Waals surface area contributed by atoms with E-state index in [2.05, 4.69) is 0 Å². The van der Waals surface area contributed by atoms with E-state index in [-0.39, 0.29) is 17.5 Å². The Morgan fingerprint density at radius 3 is 2.62 bits per heavy atom. The van der Waals surface area contributed by atoms with Gasteiger partial charge in [0.05, 0.1) is 24.1 Å². The fraction of sp³-hybridized carbons (Fsp3) is 0.423. The van der Waals surface area contributed by atoms with Crippen molar-refractivity contribution in [1.29, 1.82) is 0 Å². The highest BCUT2D eigenvalue weighted by Gasteiger charge is 2.31. The van der Waals surface area contributed by atoms with Gasteiger partial charge in [-0.05, 0) is 61.6 Å². The van der Waals surface area contributed by atoms with Crippen molar-refractivity contribution in [1.82, 2.24) is 14.5 Å². The van der Waals surface area contributed by atoms with E-state index in [0.29, 0.717) is 16.5 Å². The van der Waals surface area contributed by atoms with Gasteiger partial charge in [-0.3, -0.25) is 14.2 Å². The van der Waals surface area contributed by atoms with Crippen LogP contribution in [0.4, 0.5) is 0 Å². The van der Waals surface area contributed by atoms with Gasteiger partial charge in [0.2, 0.25) is 0 Å². The van der Waals surface area contributed by atoms with Crippen LogP contribution in [0.3, 0.4) is 0 Å². The van der Waals surface area contributed by atoms with Gasteiger partial charge < -0.3 is 9.64 Å². The number of likely N-dealkylation sites (tertiary alicyclic amines) is 1. The monoisotopic (exact) mass is 431 g/mol. The van der Waals surface area contributed by atoms with Crippen LogP contribution in [0.2, 0.25) is 0 Å². The molecule has 0 aliphatic carbocycles. The molecule has 0 bridgehead atoms. The summed E-state index contributed by atoms with van der Waals surface area (Å²) in [4.78, 5) is 33.3. The number of fused-ring (bicyclic) bond motifs is 2. The van der Waals surface area contributed by atoms with Crippen LogP contribution >= 0.6 is 0 Å². The third kappa shape index (κ3) is 3.78. The second-order valence-electron chi connectivity index (χ2n) is 8.81. The van der Waals surface area contributed by atoms with Crippen molar-refractivity contribution in [3.63, 3.8) is 0 Å². The number of amides is 1. The minimum absolute atomic E-state index is 0.00105. The lowest BCUT2D eigenvalue weighted by molar-refractivity contribution is 0.0736. The summed E-state index contributed by atoms with van der Waals surface area (Å²) in [5.74, 6) is 1.66. The van der Waals surface area contributed by atoms with E-state index in [1.807, 2.05) is 39.8 Å². The molecule has 0 spiro atoms. The number of aryl methyl sites for hydroxylation is 1. The molecule has 2 aliphatic rings. The van der Waals surface area contributed by atoms with Crippen molar-refractivity contribution >= 4 is 16.8 Å². The van der Waals surface area contributed by atoms with Gasteiger partial charge in [-0.25, -0.2) is 4.98 Å². The second-order valence-corrected chi connectivity index (χ2v) is 8.81. The molecule has 3 heterocycles. The maximum Gasteiger partial charge on any atom is 0.261 e. The highest BCUT2D eigenvalue weighted by atomic mass is 16.5. The first-order chi connectivity index (χ1) is 15.7. The van der Waals surface area contributed by atoms with Crippen LogP contribution < -0.4 is 10.3 Å². The molecule has 0 unspecified atom stereocenters. The topological polar surface area (TPSA) is 64.4 Å². The molecule has 32 heavy (non-hydrogen) atoms. The van der Waals surface area contributed by atoms with Gasteiger partial charge in [-0.1, -0.05) is 25.0 Å². The second kappa shape index (κ2) is 8.77. The van der Waals surface area contributed by atoms with Gasteiger partial charge in [-0.2, -0.15) is 0 Å². The maximum atomic E-state index is 13.5. The summed E-state index contributed by atoms with van der Waals surface area (Å²) < 4.78 is 7.10. The molecular weight excluding hydrogens is 402 g/mol. The largest absolute Gasteiger partial charge is 0.497 e. The number of carbonyl (C=O) groups excluding carboxylic acids is 1. The van der Waals surface area contributed by atoms with E-state index in [1.165, 1.54) is 6.42 Å². The standard InChI is InChI=1S/C26H29N3O3/c1-32-20-12-9-18(10-13-20)23-7-6-16-28(23)25(30)19-11-14-21-22(17-19)27-24-8-4-2-3-5-15-29(24)26(21)31/h9-14,17,23H,2-8,15-16H2,1H3/t23-/m1/s1. The summed E-state index contributed by atoms with van der Waals surface area (Å²) in [6.07, 6.45) is 7.12. The summed E-state index contributed by atoms with van der Waals surface area (Å²) in [6, 6.07) is 13.4. The minimum atomic E-state index is -0.00105. The molecule has 0 radical (unpaired) electrons. The normalized spacial score (nSPS) is 18.8. The fourth-order valence-electron chi connectivity index (χ4n) is 5.08. The molecule has 1 amide bonds. The number of aromatic nitrogens is 2. The zero-order valence-electron chi connectivity index (χ0n) is 18.5. The number of nitrogens with zero attached hydrogens (tertiary/aromatic N) is 3. The van der Waals surface area contributed by atoms with Crippen LogP contribution in [0.5, 0.6) is 5.75 Å². The number of rotatable bonds is 3. The molecular formula is C26H29N3O3. The maximum absolute atomic E-state index is 13.5. The Balaban J connectivity index is 1.47. The first-order valence-electron chi connectivity index (χ1n) is 11.6. The lowest BCUT2D eigenvalue weighted by Gasteiger charge is -2.25. The third-order valence-electron chi connectivity index (χ3n) is 6.83. The van der Waals surface area contributed by atoms with Crippen molar-refractivity contribution < 1.29 is 9.53 Å². The molecule has 2 aliphatic heterocycles. The average Bonchev–Trinajstić information content (AvgIpc) is 3.29. The molecule has 1 atom stereocenters. The van der Waals surface area contributed by atoms with Crippen LogP contribution in [0.1, 0.15) is 66.3 Å². The van der Waals surface area contributed by atoms with E-state index in [0.717, 1.165) is 68.8 Å². The van der Waals surface area contributed by atoms with Crippen molar-refractivity contribution in [3.8, 4) is 5.75 Å². The lowest BCUT2D eigenvalue weighted by atomic mass is 10.0. The van der Waals surface area contributed by atoms with Crippen LogP contribution in [0, 0.1) is 0 Å². The fourth-order valence-corrected chi connectivity index (χ4v) is 5.08. The zero-order valence-corrected chi connectivity index (χ0v) is 18.5. The Kier molecular flexibility index (Phi) is 5.68. The van der Waals surface area contributed by atoms with E-state index in [4.69, 9.17) is 9.72 Å². The smallest absolute Gasteiger partial charge is 0.261 e. The van der Waals surface area contributed by atoms with Crippen LogP contribution in [-0.4, -0.2) is 34.0 Å². The van der Waals surface area contributed by atoms with Gasteiger partial charge >= 0.3 is 0 Å². The predicted octanol–water partition coefficient (Wildman–Crippen LogP) is 4.50. The number of methoxy groups -OCH3 is 1. The number of hydrogen-bond acceptors (Lipinski definition) is 4. The summed E-state index contributed by atoms with van der Waals surface area (Å²) in [5.41, 5.74) is 2.37. The molecule has 1 saturated heterocycles. The van der Waals surface area contributed by atoms with Crippen molar-refractivity contribution in [2.24, 2.45) is 0 Å². The molecule has 1 fully saturated rings. The van der Waals surface area contributed by atoms with Crippen molar-refractivity contribution in [3.05, 3.63) is 69.8 Å². The van der Waals surface area contributed by atoms with Crippen molar-refractivity contribution in [2.75, 3.05) is 13.7 Å². The van der Waals surface area contributed by atoms with Crippen LogP contribution in [0.25, 0.3) is 10.9 Å². The van der Waals surface area contributed by atoms with Crippen LogP contribution in [-0.2, 0) is 13.0 Å². The first kappa shape index (κ1) is 20.7. The molecule has 6 heteroatoms. The Labute approximate surface area is 187 Å². The summed E-state index contributed by atoms with van der Waals surface area (Å²) in [6.45, 7) is 1.46. The number of benzene rings is 2. The van der Waals surface area contributed by atoms with E-state index in [9.17, 15) is 9.59 Å². The molecule has 5 rings (SSSR count). The first-order valence-corrected chi connectivity index (χ1v) is 11.6. The van der Waals surface area contributed by atoms with Gasteiger partial charge in [0.15, 0.2) is 0 Å². The Bertz CT molecular complexity index is 1200. The molecule has 6 nitrogen and oxygen atoms in total. The number of carbonyl (C=O) groups is 1. The molecule has 0 N–H and O–H groups in total. The molecule has 166 valence electrons. The highest BCUT2D eigenvalue weighted by Crippen LogP contribution is 2.34. The molecule has 3 aromatic rings. The molecule has 0 saturated carbocycles. The van der Waals surface area contributed by atoms with E-state index in [1.54, 1.807) is 19.2 Å². The number of ether oxygens (including phenoxy) is 1. The SMILES string of the molecule is COc1ccc([C@H]2CCCN2C(=O)c2ccc3c(=O)n4c(nc3c2)CCCCCC4)cc1. The summed E-state index contributed by atoms with van der Waals surface area (Å²) >= 11 is 0. The Morgan fingerprint density at radius 2 is 1.81 bits per heavy atom. The van der Waals surface area contributed by atoms with Gasteiger partial charge in [0.25, 0.3) is 11.5 Å². The molecule has 1 aromatic heterocycles. The van der Waals surface area contributed by atoms with Crippen molar-refractivity contribution in [2.45, 2.75) is 57.5 Å². The van der Waals surface area contributed by atoms with E-state index < -0.39 is 0 Å². The summed E-state index contributed by atoms with van der Waals surface area (Å²) in [7, 11) is 1.65. The third-order valence-corrected chi connectivity index (χ3v) is 6.83. The lowest BCUT2D eigenvalue weighted by Crippen LogP contribution is -2.31. The van der Waals surface area contributed by atoms with Gasteiger partial charge in [-0.15, -0.1) is 0 Å². The Morgan fingerprint density at radius 1 is 1.00 bits per heavy atom. The quantitative estimate of drug-likeness (QED) is 0.613.